The van der Waals surface area contributed by atoms with Gasteiger partial charge in [-0.25, -0.2) is 4.99 Å². The Bertz CT molecular complexity index is 1200. The van der Waals surface area contributed by atoms with Gasteiger partial charge in [-0.1, -0.05) is 50.1 Å². The van der Waals surface area contributed by atoms with Crippen LogP contribution in [0.3, 0.4) is 0 Å². The molecule has 0 spiro atoms. The molecule has 0 atom stereocenters. The van der Waals surface area contributed by atoms with Crippen LogP contribution < -0.4 is 14.4 Å². The van der Waals surface area contributed by atoms with Crippen LogP contribution in [-0.4, -0.2) is 26.0 Å². The van der Waals surface area contributed by atoms with Gasteiger partial charge in [0.15, 0.2) is 0 Å². The number of aliphatic imine (C=N–C) groups is 1. The second-order valence-corrected chi connectivity index (χ2v) is 8.53. The van der Waals surface area contributed by atoms with E-state index in [9.17, 15) is 4.79 Å². The van der Waals surface area contributed by atoms with E-state index in [0.717, 1.165) is 25.8 Å². The number of anilines is 1. The summed E-state index contributed by atoms with van der Waals surface area (Å²) < 4.78 is 12.6. The van der Waals surface area contributed by atoms with Crippen LogP contribution in [0.15, 0.2) is 86.4 Å². The molecule has 7 heteroatoms. The van der Waals surface area contributed by atoms with E-state index in [-0.39, 0.29) is 5.91 Å². The lowest BCUT2D eigenvalue weighted by molar-refractivity contribution is -0.113. The molecule has 0 saturated heterocycles. The SMILES string of the molecule is COc1ccc(/C=C2/N=C(c3ccc(Br)cc3)N(c3cccc(Br)c3)C2=O)c(OC)c1. The van der Waals surface area contributed by atoms with Crippen molar-refractivity contribution in [2.45, 2.75) is 0 Å². The van der Waals surface area contributed by atoms with Crippen molar-refractivity contribution in [3.63, 3.8) is 0 Å². The molecule has 0 aliphatic carbocycles. The van der Waals surface area contributed by atoms with E-state index in [1.54, 1.807) is 31.3 Å². The van der Waals surface area contributed by atoms with Gasteiger partial charge in [0.1, 0.15) is 23.0 Å². The summed E-state index contributed by atoms with van der Waals surface area (Å²) in [5, 5.41) is 0. The number of hydrogen-bond donors (Lipinski definition) is 0. The zero-order valence-electron chi connectivity index (χ0n) is 16.8. The summed E-state index contributed by atoms with van der Waals surface area (Å²) >= 11 is 6.95. The Labute approximate surface area is 197 Å². The number of halogens is 2. The van der Waals surface area contributed by atoms with E-state index in [1.165, 1.54) is 0 Å². The van der Waals surface area contributed by atoms with E-state index in [2.05, 4.69) is 31.9 Å². The van der Waals surface area contributed by atoms with E-state index >= 15 is 0 Å². The minimum atomic E-state index is -0.214. The number of carbonyl (C=O) groups is 1. The normalized spacial score (nSPS) is 14.7. The topological polar surface area (TPSA) is 51.1 Å². The largest absolute Gasteiger partial charge is 0.497 e. The predicted molar refractivity (Wildman–Crippen MR) is 130 cm³/mol. The molecule has 156 valence electrons. The number of ether oxygens (including phenoxy) is 2. The molecular formula is C24H18Br2N2O3. The Balaban J connectivity index is 1.83. The number of rotatable bonds is 5. The maximum Gasteiger partial charge on any atom is 0.282 e. The van der Waals surface area contributed by atoms with Crippen molar-refractivity contribution in [2.24, 2.45) is 4.99 Å². The van der Waals surface area contributed by atoms with Gasteiger partial charge in [-0.3, -0.25) is 9.69 Å². The van der Waals surface area contributed by atoms with Crippen LogP contribution >= 0.6 is 31.9 Å². The first-order valence-corrected chi connectivity index (χ1v) is 11.0. The maximum absolute atomic E-state index is 13.4. The predicted octanol–water partition coefficient (Wildman–Crippen LogP) is 6.06. The molecule has 4 rings (SSSR count). The zero-order chi connectivity index (χ0) is 22.0. The molecule has 0 N–H and O–H groups in total. The number of hydrogen-bond acceptors (Lipinski definition) is 4. The van der Waals surface area contributed by atoms with Crippen LogP contribution in [0.1, 0.15) is 11.1 Å². The molecule has 1 heterocycles. The fourth-order valence-electron chi connectivity index (χ4n) is 3.25. The highest BCUT2D eigenvalue weighted by atomic mass is 79.9. The van der Waals surface area contributed by atoms with Gasteiger partial charge in [-0.2, -0.15) is 0 Å². The van der Waals surface area contributed by atoms with Gasteiger partial charge in [-0.15, -0.1) is 0 Å². The van der Waals surface area contributed by atoms with Gasteiger partial charge in [0.2, 0.25) is 0 Å². The first kappa shape index (κ1) is 21.3. The van der Waals surface area contributed by atoms with Crippen LogP contribution in [0.2, 0.25) is 0 Å². The Kier molecular flexibility index (Phi) is 6.25. The highest BCUT2D eigenvalue weighted by molar-refractivity contribution is 9.10. The Hall–Kier alpha value is -2.90. The highest BCUT2D eigenvalue weighted by Crippen LogP contribution is 2.32. The minimum Gasteiger partial charge on any atom is -0.497 e. The summed E-state index contributed by atoms with van der Waals surface area (Å²) in [6, 6.07) is 20.7. The van der Waals surface area contributed by atoms with Crippen molar-refractivity contribution < 1.29 is 14.3 Å². The van der Waals surface area contributed by atoms with Crippen molar-refractivity contribution in [3.8, 4) is 11.5 Å². The summed E-state index contributed by atoms with van der Waals surface area (Å²) in [5.74, 6) is 1.62. The average molecular weight is 542 g/mol. The quantitative estimate of drug-likeness (QED) is 0.369. The molecule has 0 fully saturated rings. The molecule has 3 aromatic carbocycles. The fourth-order valence-corrected chi connectivity index (χ4v) is 3.90. The van der Waals surface area contributed by atoms with E-state index in [4.69, 9.17) is 14.5 Å². The van der Waals surface area contributed by atoms with Crippen molar-refractivity contribution in [1.29, 1.82) is 0 Å². The molecule has 1 amide bonds. The first-order chi connectivity index (χ1) is 15.0. The summed E-state index contributed by atoms with van der Waals surface area (Å²) in [4.78, 5) is 19.8. The van der Waals surface area contributed by atoms with Crippen molar-refractivity contribution in [1.82, 2.24) is 0 Å². The van der Waals surface area contributed by atoms with Gasteiger partial charge in [-0.05, 0) is 48.5 Å². The lowest BCUT2D eigenvalue weighted by atomic mass is 10.1. The Morgan fingerprint density at radius 1 is 0.903 bits per heavy atom. The van der Waals surface area contributed by atoms with Crippen molar-refractivity contribution >= 4 is 55.4 Å². The number of nitrogens with zero attached hydrogens (tertiary/aromatic N) is 2. The smallest absolute Gasteiger partial charge is 0.282 e. The van der Waals surface area contributed by atoms with Crippen molar-refractivity contribution in [2.75, 3.05) is 19.1 Å². The van der Waals surface area contributed by atoms with Gasteiger partial charge in [0, 0.05) is 26.1 Å². The molecule has 0 saturated carbocycles. The van der Waals surface area contributed by atoms with Crippen molar-refractivity contribution in [3.05, 3.63) is 92.5 Å². The molecule has 5 nitrogen and oxygen atoms in total. The average Bonchev–Trinajstić information content (AvgIpc) is 3.10. The summed E-state index contributed by atoms with van der Waals surface area (Å²) in [7, 11) is 3.18. The maximum atomic E-state index is 13.4. The van der Waals surface area contributed by atoms with E-state index < -0.39 is 0 Å². The standard InChI is InChI=1S/C24H18Br2N2O3/c1-30-20-11-8-16(22(14-20)31-2)12-21-24(29)28(19-5-3-4-18(26)13-19)23(27-21)15-6-9-17(25)10-7-15/h3-14H,1-2H3/b21-12+. The van der Waals surface area contributed by atoms with Crippen LogP contribution in [0, 0.1) is 0 Å². The zero-order valence-corrected chi connectivity index (χ0v) is 20.0. The number of carbonyl (C=O) groups excluding carboxylic acids is 1. The lowest BCUT2D eigenvalue weighted by Crippen LogP contribution is -2.32. The molecule has 0 unspecified atom stereocenters. The van der Waals surface area contributed by atoms with E-state index in [1.807, 2.05) is 60.7 Å². The lowest BCUT2D eigenvalue weighted by Gasteiger charge is -2.19. The molecule has 0 radical (unpaired) electrons. The van der Waals surface area contributed by atoms with Gasteiger partial charge < -0.3 is 9.47 Å². The van der Waals surface area contributed by atoms with Crippen LogP contribution in [0.5, 0.6) is 11.5 Å². The molecule has 1 aliphatic rings. The molecule has 0 aromatic heterocycles. The summed E-state index contributed by atoms with van der Waals surface area (Å²) in [6.07, 6.45) is 1.73. The second kappa shape index (κ2) is 9.08. The number of benzene rings is 3. The van der Waals surface area contributed by atoms with Crippen LogP contribution in [0.4, 0.5) is 5.69 Å². The van der Waals surface area contributed by atoms with E-state index in [0.29, 0.717) is 23.0 Å². The summed E-state index contributed by atoms with van der Waals surface area (Å²) in [6.45, 7) is 0. The number of methoxy groups -OCH3 is 2. The third kappa shape index (κ3) is 4.43. The summed E-state index contributed by atoms with van der Waals surface area (Å²) in [5.41, 5.74) is 2.62. The molecule has 0 bridgehead atoms. The fraction of sp³-hybridized carbons (Fsp3) is 0.0833. The minimum absolute atomic E-state index is 0.214. The van der Waals surface area contributed by atoms with Crippen LogP contribution in [0.25, 0.3) is 6.08 Å². The number of amides is 1. The highest BCUT2D eigenvalue weighted by Gasteiger charge is 2.32. The third-order valence-corrected chi connectivity index (χ3v) is 5.78. The molecule has 31 heavy (non-hydrogen) atoms. The Morgan fingerprint density at radius 3 is 2.35 bits per heavy atom. The van der Waals surface area contributed by atoms with Gasteiger partial charge in [0.25, 0.3) is 5.91 Å². The first-order valence-electron chi connectivity index (χ1n) is 9.38. The number of amidine groups is 1. The van der Waals surface area contributed by atoms with Gasteiger partial charge >= 0.3 is 0 Å². The molecule has 3 aromatic rings. The monoisotopic (exact) mass is 540 g/mol. The van der Waals surface area contributed by atoms with Gasteiger partial charge in [0.05, 0.1) is 19.9 Å². The molecular weight excluding hydrogens is 524 g/mol. The molecule has 1 aliphatic heterocycles. The Morgan fingerprint density at radius 2 is 1.68 bits per heavy atom. The third-order valence-electron chi connectivity index (χ3n) is 4.76. The second-order valence-electron chi connectivity index (χ2n) is 6.70. The van der Waals surface area contributed by atoms with Crippen LogP contribution in [-0.2, 0) is 4.79 Å².